The number of carboxylic acid groups (broad SMARTS) is 1. The molecule has 7 nitrogen and oxygen atoms in total. The third-order valence-corrected chi connectivity index (χ3v) is 4.92. The quantitative estimate of drug-likeness (QED) is 0.764. The molecule has 2 amide bonds. The third kappa shape index (κ3) is 3.51. The molecule has 2 fully saturated rings. The summed E-state index contributed by atoms with van der Waals surface area (Å²) in [6.07, 6.45) is 3.19. The van der Waals surface area contributed by atoms with Gasteiger partial charge in [-0.2, -0.15) is 0 Å². The second-order valence-electron chi connectivity index (χ2n) is 6.19. The predicted octanol–water partition coefficient (Wildman–Crippen LogP) is 1.22. The Labute approximate surface area is 130 Å². The molecule has 0 bridgehead atoms. The number of methoxy groups -OCH3 is 1. The molecule has 0 spiro atoms. The molecule has 22 heavy (non-hydrogen) atoms. The number of rotatable bonds is 3. The van der Waals surface area contributed by atoms with Crippen LogP contribution in [0.3, 0.4) is 0 Å². The molecule has 0 radical (unpaired) electrons. The number of amides is 2. The van der Waals surface area contributed by atoms with Crippen molar-refractivity contribution in [2.24, 2.45) is 11.8 Å². The van der Waals surface area contributed by atoms with Crippen LogP contribution >= 0.6 is 0 Å². The Kier molecular flexibility index (Phi) is 5.26. The first-order valence-corrected chi connectivity index (χ1v) is 7.81. The van der Waals surface area contributed by atoms with Crippen molar-refractivity contribution < 1.29 is 24.2 Å². The lowest BCUT2D eigenvalue weighted by atomic mass is 9.86. The van der Waals surface area contributed by atoms with Gasteiger partial charge in [0.2, 0.25) is 0 Å². The summed E-state index contributed by atoms with van der Waals surface area (Å²) in [4.78, 5) is 36.6. The van der Waals surface area contributed by atoms with Crippen molar-refractivity contribution in [3.63, 3.8) is 0 Å². The molecule has 124 valence electrons. The molecule has 1 saturated carbocycles. The first-order chi connectivity index (χ1) is 10.4. The zero-order valence-electron chi connectivity index (χ0n) is 13.1. The van der Waals surface area contributed by atoms with Crippen LogP contribution in [0.1, 0.15) is 39.0 Å². The molecule has 2 aliphatic rings. The Morgan fingerprint density at radius 3 is 2.32 bits per heavy atom. The highest BCUT2D eigenvalue weighted by Gasteiger charge is 2.39. The van der Waals surface area contributed by atoms with E-state index in [0.29, 0.717) is 38.6 Å². The minimum atomic E-state index is -0.751. The number of nitrogens with zero attached hydrogens (tertiary/aromatic N) is 1. The van der Waals surface area contributed by atoms with E-state index in [0.717, 1.165) is 0 Å². The van der Waals surface area contributed by atoms with E-state index in [1.54, 1.807) is 4.90 Å². The van der Waals surface area contributed by atoms with E-state index in [9.17, 15) is 14.4 Å². The van der Waals surface area contributed by atoms with Crippen molar-refractivity contribution in [3.05, 3.63) is 0 Å². The number of carbonyl (C=O) groups is 3. The molecule has 1 aliphatic carbocycles. The van der Waals surface area contributed by atoms with Gasteiger partial charge < -0.3 is 20.1 Å². The zero-order chi connectivity index (χ0) is 16.3. The van der Waals surface area contributed by atoms with E-state index < -0.39 is 5.97 Å². The van der Waals surface area contributed by atoms with Crippen molar-refractivity contribution in [1.82, 2.24) is 10.2 Å². The molecule has 2 atom stereocenters. The number of urea groups is 1. The molecular weight excluding hydrogens is 288 g/mol. The highest BCUT2D eigenvalue weighted by molar-refractivity contribution is 5.79. The van der Waals surface area contributed by atoms with Gasteiger partial charge >= 0.3 is 18.0 Å². The van der Waals surface area contributed by atoms with Crippen molar-refractivity contribution in [3.8, 4) is 0 Å². The molecule has 2 N–H and O–H groups in total. The fraction of sp³-hybridized carbons (Fsp3) is 0.800. The van der Waals surface area contributed by atoms with Crippen LogP contribution in [-0.2, 0) is 14.3 Å². The van der Waals surface area contributed by atoms with Crippen LogP contribution in [0.5, 0.6) is 0 Å². The van der Waals surface area contributed by atoms with E-state index in [-0.39, 0.29) is 35.9 Å². The number of hydrogen-bond donors (Lipinski definition) is 2. The summed E-state index contributed by atoms with van der Waals surface area (Å²) >= 11 is 0. The van der Waals surface area contributed by atoms with Crippen LogP contribution in [-0.4, -0.2) is 53.7 Å². The number of nitrogens with one attached hydrogen (secondary N) is 1. The van der Waals surface area contributed by atoms with Gasteiger partial charge in [0.1, 0.15) is 0 Å². The molecular formula is C15H24N2O5. The second kappa shape index (κ2) is 6.98. The third-order valence-electron chi connectivity index (χ3n) is 4.92. The molecule has 0 aromatic rings. The maximum Gasteiger partial charge on any atom is 0.317 e. The highest BCUT2D eigenvalue weighted by Crippen LogP contribution is 2.27. The standard InChI is InChI=1S/C15H24N2O5/c1-9-12(14(20)22-2)7-8-17(9)15(21)16-11-5-3-10(4-6-11)13(18)19/h9-12H,3-8H2,1-2H3,(H,16,21)(H,18,19). The van der Waals surface area contributed by atoms with Crippen LogP contribution < -0.4 is 5.32 Å². The number of carboxylic acids is 1. The van der Waals surface area contributed by atoms with E-state index in [1.807, 2.05) is 6.92 Å². The summed E-state index contributed by atoms with van der Waals surface area (Å²) in [5.74, 6) is -1.58. The van der Waals surface area contributed by atoms with Gasteiger partial charge in [-0.3, -0.25) is 9.59 Å². The number of ether oxygens (including phenoxy) is 1. The molecule has 0 aromatic heterocycles. The van der Waals surface area contributed by atoms with Gasteiger partial charge in [0.05, 0.1) is 18.9 Å². The van der Waals surface area contributed by atoms with Crippen LogP contribution in [0, 0.1) is 11.8 Å². The van der Waals surface area contributed by atoms with Gasteiger partial charge in [-0.1, -0.05) is 0 Å². The summed E-state index contributed by atoms with van der Waals surface area (Å²) < 4.78 is 4.76. The topological polar surface area (TPSA) is 95.9 Å². The largest absolute Gasteiger partial charge is 0.481 e. The van der Waals surface area contributed by atoms with E-state index >= 15 is 0 Å². The summed E-state index contributed by atoms with van der Waals surface area (Å²) in [5.41, 5.74) is 0. The van der Waals surface area contributed by atoms with Gasteiger partial charge in [-0.05, 0) is 39.0 Å². The van der Waals surface area contributed by atoms with Crippen molar-refractivity contribution >= 4 is 18.0 Å². The van der Waals surface area contributed by atoms with Crippen molar-refractivity contribution in [1.29, 1.82) is 0 Å². The Bertz CT molecular complexity index is 445. The molecule has 2 rings (SSSR count). The number of carbonyl (C=O) groups excluding carboxylic acids is 2. The Balaban J connectivity index is 1.83. The van der Waals surface area contributed by atoms with E-state index in [1.165, 1.54) is 7.11 Å². The second-order valence-corrected chi connectivity index (χ2v) is 6.19. The Hall–Kier alpha value is -1.79. The van der Waals surface area contributed by atoms with Gasteiger partial charge in [-0.15, -0.1) is 0 Å². The summed E-state index contributed by atoms with van der Waals surface area (Å²) in [6.45, 7) is 2.40. The average Bonchev–Trinajstić information content (AvgIpc) is 2.88. The van der Waals surface area contributed by atoms with E-state index in [2.05, 4.69) is 5.32 Å². The molecule has 1 saturated heterocycles. The normalized spacial score (nSPS) is 31.6. The fourth-order valence-corrected chi connectivity index (χ4v) is 3.44. The monoisotopic (exact) mass is 312 g/mol. The Morgan fingerprint density at radius 2 is 1.77 bits per heavy atom. The summed E-state index contributed by atoms with van der Waals surface area (Å²) in [6, 6.07) is -0.326. The van der Waals surface area contributed by atoms with Gasteiger partial charge in [0.25, 0.3) is 0 Å². The number of hydrogen-bond acceptors (Lipinski definition) is 4. The lowest BCUT2D eigenvalue weighted by Gasteiger charge is -2.30. The lowest BCUT2D eigenvalue weighted by Crippen LogP contribution is -2.48. The highest BCUT2D eigenvalue weighted by atomic mass is 16.5. The van der Waals surface area contributed by atoms with E-state index in [4.69, 9.17) is 9.84 Å². The SMILES string of the molecule is COC(=O)C1CCN(C(=O)NC2CCC(C(=O)O)CC2)C1C. The van der Waals surface area contributed by atoms with Crippen molar-refractivity contribution in [2.45, 2.75) is 51.1 Å². The number of likely N-dealkylation sites (tertiary alicyclic amines) is 1. The molecule has 1 aliphatic heterocycles. The predicted molar refractivity (Wildman–Crippen MR) is 78.2 cm³/mol. The smallest absolute Gasteiger partial charge is 0.317 e. The number of esters is 1. The zero-order valence-corrected chi connectivity index (χ0v) is 13.1. The fourth-order valence-electron chi connectivity index (χ4n) is 3.44. The molecule has 2 unspecified atom stereocenters. The van der Waals surface area contributed by atoms with Crippen molar-refractivity contribution in [2.75, 3.05) is 13.7 Å². The van der Waals surface area contributed by atoms with Gasteiger partial charge in [-0.25, -0.2) is 4.79 Å². The first kappa shape index (κ1) is 16.6. The minimum Gasteiger partial charge on any atom is -0.481 e. The molecule has 1 heterocycles. The lowest BCUT2D eigenvalue weighted by molar-refractivity contribution is -0.146. The van der Waals surface area contributed by atoms with Crippen LogP contribution in [0.15, 0.2) is 0 Å². The summed E-state index contributed by atoms with van der Waals surface area (Å²) in [7, 11) is 1.36. The Morgan fingerprint density at radius 1 is 1.14 bits per heavy atom. The molecule has 7 heteroatoms. The molecule has 0 aromatic carbocycles. The maximum absolute atomic E-state index is 12.3. The average molecular weight is 312 g/mol. The number of aliphatic carboxylic acids is 1. The van der Waals surface area contributed by atoms with Gasteiger partial charge in [0, 0.05) is 18.6 Å². The summed E-state index contributed by atoms with van der Waals surface area (Å²) in [5, 5.41) is 11.9. The van der Waals surface area contributed by atoms with Crippen LogP contribution in [0.2, 0.25) is 0 Å². The first-order valence-electron chi connectivity index (χ1n) is 7.81. The van der Waals surface area contributed by atoms with Crippen LogP contribution in [0.4, 0.5) is 4.79 Å². The maximum atomic E-state index is 12.3. The van der Waals surface area contributed by atoms with Gasteiger partial charge in [0.15, 0.2) is 0 Å². The van der Waals surface area contributed by atoms with Crippen LogP contribution in [0.25, 0.3) is 0 Å². The minimum absolute atomic E-state index is 0.0208.